The van der Waals surface area contributed by atoms with Crippen molar-refractivity contribution in [1.82, 2.24) is 15.0 Å². The van der Waals surface area contributed by atoms with Crippen LogP contribution in [0.5, 0.6) is 0 Å². The minimum absolute atomic E-state index is 0.0803. The Hall–Kier alpha value is -3.48. The molecule has 0 unspecified atom stereocenters. The van der Waals surface area contributed by atoms with Gasteiger partial charge in [-0.3, -0.25) is 9.59 Å². The molecular formula is C21H17N3O4. The number of ether oxygens (including phenoxy) is 1. The number of hydrogen-bond donors (Lipinski definition) is 0. The monoisotopic (exact) mass is 375 g/mol. The van der Waals surface area contributed by atoms with E-state index in [2.05, 4.69) is 10.1 Å². The highest BCUT2D eigenvalue weighted by Gasteiger charge is 2.45. The maximum atomic E-state index is 13.1. The average molecular weight is 375 g/mol. The molecule has 0 radical (unpaired) electrons. The van der Waals surface area contributed by atoms with Crippen molar-refractivity contribution in [2.24, 2.45) is 11.8 Å². The van der Waals surface area contributed by atoms with Crippen LogP contribution in [0.25, 0.3) is 22.8 Å². The first kappa shape index (κ1) is 16.7. The standard InChI is InChI=1S/C21H17N3O4/c25-20(24-10-14-12-27-21(26)17(14)11-24)16-9-5-4-8-15(16)19-22-18(23-28-19)13-6-2-1-3-7-13/h1-9,14,17H,10-12H2/t14-,17-/m1/s1. The van der Waals surface area contributed by atoms with E-state index in [0.29, 0.717) is 42.5 Å². The van der Waals surface area contributed by atoms with E-state index in [1.54, 1.807) is 23.1 Å². The van der Waals surface area contributed by atoms with Crippen molar-refractivity contribution in [3.63, 3.8) is 0 Å². The van der Waals surface area contributed by atoms with Gasteiger partial charge >= 0.3 is 5.97 Å². The normalized spacial score (nSPS) is 20.9. The summed E-state index contributed by atoms with van der Waals surface area (Å²) in [6, 6.07) is 16.7. The number of carbonyl (C=O) groups is 2. The van der Waals surface area contributed by atoms with Crippen molar-refractivity contribution < 1.29 is 18.8 Å². The molecule has 2 aliphatic rings. The topological polar surface area (TPSA) is 85.5 Å². The van der Waals surface area contributed by atoms with Gasteiger partial charge in [-0.2, -0.15) is 4.98 Å². The van der Waals surface area contributed by atoms with Crippen LogP contribution in [-0.4, -0.2) is 46.6 Å². The number of fused-ring (bicyclic) bond motifs is 1. The predicted molar refractivity (Wildman–Crippen MR) is 99.0 cm³/mol. The Labute approximate surface area is 160 Å². The minimum Gasteiger partial charge on any atom is -0.465 e. The summed E-state index contributed by atoms with van der Waals surface area (Å²) < 4.78 is 10.5. The van der Waals surface area contributed by atoms with Crippen molar-refractivity contribution in [3.8, 4) is 22.8 Å². The van der Waals surface area contributed by atoms with Crippen LogP contribution in [0.15, 0.2) is 59.1 Å². The summed E-state index contributed by atoms with van der Waals surface area (Å²) in [7, 11) is 0. The van der Waals surface area contributed by atoms with Crippen LogP contribution in [-0.2, 0) is 9.53 Å². The van der Waals surface area contributed by atoms with Gasteiger partial charge in [0.15, 0.2) is 0 Å². The van der Waals surface area contributed by atoms with Crippen LogP contribution < -0.4 is 0 Å². The molecular weight excluding hydrogens is 358 g/mol. The van der Waals surface area contributed by atoms with Gasteiger partial charge in [0.05, 0.1) is 23.7 Å². The summed E-state index contributed by atoms with van der Waals surface area (Å²) in [5.74, 6) is 0.272. The summed E-state index contributed by atoms with van der Waals surface area (Å²) in [6.07, 6.45) is 0. The van der Waals surface area contributed by atoms with Crippen LogP contribution >= 0.6 is 0 Å². The lowest BCUT2D eigenvalue weighted by Crippen LogP contribution is -2.31. The summed E-state index contributed by atoms with van der Waals surface area (Å²) in [6.45, 7) is 1.29. The van der Waals surface area contributed by atoms with Crippen LogP contribution in [0.1, 0.15) is 10.4 Å². The fourth-order valence-corrected chi connectivity index (χ4v) is 3.83. The lowest BCUT2D eigenvalue weighted by molar-refractivity contribution is -0.141. The Morgan fingerprint density at radius 3 is 2.64 bits per heavy atom. The zero-order chi connectivity index (χ0) is 19.1. The quantitative estimate of drug-likeness (QED) is 0.654. The van der Waals surface area contributed by atoms with E-state index in [0.717, 1.165) is 5.56 Å². The Bertz CT molecular complexity index is 1050. The summed E-state index contributed by atoms with van der Waals surface area (Å²) >= 11 is 0. The maximum Gasteiger partial charge on any atom is 0.311 e. The molecule has 0 N–H and O–H groups in total. The highest BCUT2D eigenvalue weighted by molar-refractivity contribution is 6.00. The van der Waals surface area contributed by atoms with Crippen molar-refractivity contribution >= 4 is 11.9 Å². The molecule has 2 saturated heterocycles. The molecule has 2 fully saturated rings. The smallest absolute Gasteiger partial charge is 0.311 e. The Balaban J connectivity index is 1.45. The number of cyclic esters (lactones) is 1. The van der Waals surface area contributed by atoms with Crippen molar-refractivity contribution in [2.45, 2.75) is 0 Å². The van der Waals surface area contributed by atoms with E-state index < -0.39 is 0 Å². The molecule has 0 saturated carbocycles. The number of esters is 1. The van der Waals surface area contributed by atoms with E-state index in [-0.39, 0.29) is 23.7 Å². The zero-order valence-corrected chi connectivity index (χ0v) is 14.9. The summed E-state index contributed by atoms with van der Waals surface area (Å²) in [4.78, 5) is 31.1. The second-order valence-corrected chi connectivity index (χ2v) is 7.04. The first-order valence-corrected chi connectivity index (χ1v) is 9.15. The van der Waals surface area contributed by atoms with E-state index >= 15 is 0 Å². The van der Waals surface area contributed by atoms with Crippen LogP contribution in [0.4, 0.5) is 0 Å². The number of amides is 1. The van der Waals surface area contributed by atoms with Crippen molar-refractivity contribution in [2.75, 3.05) is 19.7 Å². The molecule has 0 spiro atoms. The molecule has 7 heteroatoms. The Morgan fingerprint density at radius 1 is 1.04 bits per heavy atom. The predicted octanol–water partition coefficient (Wildman–Crippen LogP) is 2.65. The molecule has 140 valence electrons. The van der Waals surface area contributed by atoms with Gasteiger partial charge in [-0.1, -0.05) is 47.6 Å². The third kappa shape index (κ3) is 2.76. The van der Waals surface area contributed by atoms with E-state index in [4.69, 9.17) is 9.26 Å². The number of carbonyl (C=O) groups excluding carboxylic acids is 2. The molecule has 5 rings (SSSR count). The molecule has 3 heterocycles. The van der Waals surface area contributed by atoms with E-state index in [1.165, 1.54) is 0 Å². The van der Waals surface area contributed by atoms with Gasteiger partial charge in [0.2, 0.25) is 5.82 Å². The fraction of sp³-hybridized carbons (Fsp3) is 0.238. The van der Waals surface area contributed by atoms with Crippen LogP contribution in [0, 0.1) is 11.8 Å². The first-order valence-electron chi connectivity index (χ1n) is 9.15. The second-order valence-electron chi connectivity index (χ2n) is 7.04. The highest BCUT2D eigenvalue weighted by atomic mass is 16.5. The molecule has 0 bridgehead atoms. The second kappa shape index (κ2) is 6.60. The third-order valence-corrected chi connectivity index (χ3v) is 5.32. The zero-order valence-electron chi connectivity index (χ0n) is 14.9. The molecule has 0 aliphatic carbocycles. The molecule has 1 amide bonds. The maximum absolute atomic E-state index is 13.1. The first-order chi connectivity index (χ1) is 13.7. The number of nitrogens with zero attached hydrogens (tertiary/aromatic N) is 3. The van der Waals surface area contributed by atoms with Gasteiger partial charge < -0.3 is 14.2 Å². The van der Waals surface area contributed by atoms with Gasteiger partial charge in [0, 0.05) is 24.6 Å². The van der Waals surface area contributed by atoms with Crippen LogP contribution in [0.3, 0.4) is 0 Å². The van der Waals surface area contributed by atoms with E-state index in [1.807, 2.05) is 36.4 Å². The number of benzene rings is 2. The van der Waals surface area contributed by atoms with Crippen molar-refractivity contribution in [1.29, 1.82) is 0 Å². The lowest BCUT2D eigenvalue weighted by Gasteiger charge is -2.18. The molecule has 2 aromatic carbocycles. The van der Waals surface area contributed by atoms with Gasteiger partial charge in [-0.05, 0) is 12.1 Å². The number of aromatic nitrogens is 2. The minimum atomic E-state index is -0.218. The molecule has 2 aliphatic heterocycles. The molecule has 1 aromatic heterocycles. The SMILES string of the molecule is O=C1OC[C@H]2CN(C(=O)c3ccccc3-c3nc(-c4ccccc4)no3)C[C@@H]12. The Morgan fingerprint density at radius 2 is 1.82 bits per heavy atom. The van der Waals surface area contributed by atoms with Gasteiger partial charge in [-0.15, -0.1) is 0 Å². The number of likely N-dealkylation sites (tertiary alicyclic amines) is 1. The van der Waals surface area contributed by atoms with Gasteiger partial charge in [0.25, 0.3) is 11.8 Å². The molecule has 28 heavy (non-hydrogen) atoms. The van der Waals surface area contributed by atoms with Gasteiger partial charge in [-0.25, -0.2) is 0 Å². The average Bonchev–Trinajstić information content (AvgIpc) is 3.46. The molecule has 3 aromatic rings. The fourth-order valence-electron chi connectivity index (χ4n) is 3.83. The third-order valence-electron chi connectivity index (χ3n) is 5.32. The van der Waals surface area contributed by atoms with E-state index in [9.17, 15) is 9.59 Å². The molecule has 7 nitrogen and oxygen atoms in total. The highest BCUT2D eigenvalue weighted by Crippen LogP contribution is 2.33. The largest absolute Gasteiger partial charge is 0.465 e. The molecule has 2 atom stereocenters. The number of hydrogen-bond acceptors (Lipinski definition) is 6. The number of rotatable bonds is 3. The lowest BCUT2D eigenvalue weighted by atomic mass is 10.0. The van der Waals surface area contributed by atoms with Crippen molar-refractivity contribution in [3.05, 3.63) is 60.2 Å². The van der Waals surface area contributed by atoms with Crippen LogP contribution in [0.2, 0.25) is 0 Å². The summed E-state index contributed by atoms with van der Waals surface area (Å²) in [5, 5.41) is 4.05. The Kier molecular flexibility index (Phi) is 3.93. The summed E-state index contributed by atoms with van der Waals surface area (Å²) in [5.41, 5.74) is 1.91. The van der Waals surface area contributed by atoms with Gasteiger partial charge in [0.1, 0.15) is 0 Å².